The van der Waals surface area contributed by atoms with Gasteiger partial charge >= 0.3 is 5.97 Å². The second-order valence-electron chi connectivity index (χ2n) is 4.74. The van der Waals surface area contributed by atoms with Crippen molar-refractivity contribution in [1.82, 2.24) is 0 Å². The van der Waals surface area contributed by atoms with Crippen molar-refractivity contribution in [2.75, 3.05) is 6.61 Å². The summed E-state index contributed by atoms with van der Waals surface area (Å²) in [6, 6.07) is 0. The van der Waals surface area contributed by atoms with Crippen molar-refractivity contribution in [3.05, 3.63) is 11.6 Å². The van der Waals surface area contributed by atoms with E-state index in [9.17, 15) is 4.79 Å². The lowest BCUT2D eigenvalue weighted by atomic mass is 9.88. The third-order valence-electron chi connectivity index (χ3n) is 3.19. The fourth-order valence-corrected chi connectivity index (χ4v) is 2.15. The van der Waals surface area contributed by atoms with Crippen LogP contribution in [-0.4, -0.2) is 12.6 Å². The van der Waals surface area contributed by atoms with E-state index in [4.69, 9.17) is 4.74 Å². The first-order valence-corrected chi connectivity index (χ1v) is 6.59. The number of unbranched alkanes of at least 4 members (excludes halogenated alkanes) is 1. The third kappa shape index (κ3) is 4.82. The minimum Gasteiger partial charge on any atom is -0.462 e. The van der Waals surface area contributed by atoms with Crippen molar-refractivity contribution in [3.8, 4) is 0 Å². The zero-order chi connectivity index (χ0) is 11.8. The highest BCUT2D eigenvalue weighted by molar-refractivity contribution is 5.87. The molecule has 0 radical (unpaired) electrons. The van der Waals surface area contributed by atoms with Gasteiger partial charge in [-0.15, -0.1) is 0 Å². The van der Waals surface area contributed by atoms with Crippen LogP contribution in [0.5, 0.6) is 0 Å². The Bertz CT molecular complexity index is 237. The van der Waals surface area contributed by atoms with E-state index in [1.807, 2.05) is 6.92 Å². The maximum atomic E-state index is 11.6. The van der Waals surface area contributed by atoms with Crippen LogP contribution in [0.1, 0.15) is 58.8 Å². The lowest BCUT2D eigenvalue weighted by Gasteiger charge is -2.18. The zero-order valence-corrected chi connectivity index (χ0v) is 10.6. The molecule has 1 rings (SSSR count). The first kappa shape index (κ1) is 13.3. The molecule has 16 heavy (non-hydrogen) atoms. The normalized spacial score (nSPS) is 18.5. The Balaban J connectivity index is 2.32. The summed E-state index contributed by atoms with van der Waals surface area (Å²) in [7, 11) is 0. The first-order valence-electron chi connectivity index (χ1n) is 6.59. The molecular weight excluding hydrogens is 200 g/mol. The minimum atomic E-state index is -0.126. The van der Waals surface area contributed by atoms with Gasteiger partial charge in [0.15, 0.2) is 0 Å². The van der Waals surface area contributed by atoms with Crippen molar-refractivity contribution >= 4 is 5.97 Å². The Kier molecular flexibility index (Phi) is 6.20. The van der Waals surface area contributed by atoms with E-state index in [2.05, 4.69) is 13.0 Å². The molecule has 0 aliphatic heterocycles. The van der Waals surface area contributed by atoms with E-state index in [1.165, 1.54) is 32.1 Å². The van der Waals surface area contributed by atoms with Crippen molar-refractivity contribution in [2.45, 2.75) is 58.8 Å². The van der Waals surface area contributed by atoms with Crippen molar-refractivity contribution < 1.29 is 9.53 Å². The highest BCUT2D eigenvalue weighted by Crippen LogP contribution is 2.25. The lowest BCUT2D eigenvalue weighted by molar-refractivity contribution is -0.139. The maximum absolute atomic E-state index is 11.6. The summed E-state index contributed by atoms with van der Waals surface area (Å²) >= 11 is 0. The standard InChI is InChI=1S/C14H24O2/c1-3-4-10-16-14(15)12(2)11-13-8-6-5-7-9-13/h11,13H,3-10H2,1-2H3/b12-11+. The predicted octanol–water partition coefficient (Wildman–Crippen LogP) is 3.86. The molecule has 0 bridgehead atoms. The molecule has 0 spiro atoms. The third-order valence-corrected chi connectivity index (χ3v) is 3.19. The fraction of sp³-hybridized carbons (Fsp3) is 0.786. The van der Waals surface area contributed by atoms with Crippen LogP contribution in [0.4, 0.5) is 0 Å². The molecule has 2 heteroatoms. The predicted molar refractivity (Wildman–Crippen MR) is 66.2 cm³/mol. The summed E-state index contributed by atoms with van der Waals surface area (Å²) in [6.07, 6.45) is 10.6. The summed E-state index contributed by atoms with van der Waals surface area (Å²) in [5.74, 6) is 0.478. The van der Waals surface area contributed by atoms with Crippen molar-refractivity contribution in [1.29, 1.82) is 0 Å². The van der Waals surface area contributed by atoms with Crippen LogP contribution in [0, 0.1) is 5.92 Å². The monoisotopic (exact) mass is 224 g/mol. The Labute approximate surface area is 99.1 Å². The highest BCUT2D eigenvalue weighted by atomic mass is 16.5. The van der Waals surface area contributed by atoms with Crippen LogP contribution in [0.25, 0.3) is 0 Å². The fourth-order valence-electron chi connectivity index (χ4n) is 2.15. The van der Waals surface area contributed by atoms with Gasteiger partial charge in [-0.25, -0.2) is 4.79 Å². The molecule has 0 unspecified atom stereocenters. The average molecular weight is 224 g/mol. The van der Waals surface area contributed by atoms with Crippen LogP contribution >= 0.6 is 0 Å². The summed E-state index contributed by atoms with van der Waals surface area (Å²) in [4.78, 5) is 11.6. The molecule has 1 fully saturated rings. The molecule has 0 N–H and O–H groups in total. The van der Waals surface area contributed by atoms with Crippen molar-refractivity contribution in [3.63, 3.8) is 0 Å². The molecule has 92 valence electrons. The molecule has 0 aromatic heterocycles. The second kappa shape index (κ2) is 7.48. The van der Waals surface area contributed by atoms with Crippen LogP contribution < -0.4 is 0 Å². The lowest BCUT2D eigenvalue weighted by Crippen LogP contribution is -2.10. The van der Waals surface area contributed by atoms with Gasteiger partial charge in [-0.3, -0.25) is 0 Å². The summed E-state index contributed by atoms with van der Waals surface area (Å²) in [6.45, 7) is 4.53. The molecule has 2 nitrogen and oxygen atoms in total. The number of allylic oxidation sites excluding steroid dienone is 1. The quantitative estimate of drug-likeness (QED) is 0.403. The molecule has 0 amide bonds. The van der Waals surface area contributed by atoms with Gasteiger partial charge < -0.3 is 4.74 Å². The number of esters is 1. The van der Waals surface area contributed by atoms with Gasteiger partial charge in [-0.1, -0.05) is 38.7 Å². The molecule has 0 aromatic carbocycles. The number of ether oxygens (including phenoxy) is 1. The van der Waals surface area contributed by atoms with E-state index in [0.717, 1.165) is 18.4 Å². The molecule has 0 saturated heterocycles. The zero-order valence-electron chi connectivity index (χ0n) is 10.6. The van der Waals surface area contributed by atoms with Gasteiger partial charge in [0.25, 0.3) is 0 Å². The van der Waals surface area contributed by atoms with Gasteiger partial charge in [-0.05, 0) is 32.1 Å². The Morgan fingerprint density at radius 2 is 2.00 bits per heavy atom. The van der Waals surface area contributed by atoms with Crippen LogP contribution in [0.3, 0.4) is 0 Å². The number of carbonyl (C=O) groups is 1. The van der Waals surface area contributed by atoms with E-state index >= 15 is 0 Å². The summed E-state index contributed by atoms with van der Waals surface area (Å²) < 4.78 is 5.18. The molecule has 1 saturated carbocycles. The minimum absolute atomic E-state index is 0.126. The highest BCUT2D eigenvalue weighted by Gasteiger charge is 2.13. The molecule has 0 atom stereocenters. The van der Waals surface area contributed by atoms with Crippen molar-refractivity contribution in [2.24, 2.45) is 5.92 Å². The van der Waals surface area contributed by atoms with Crippen LogP contribution in [0.15, 0.2) is 11.6 Å². The topological polar surface area (TPSA) is 26.3 Å². The van der Waals surface area contributed by atoms with Crippen LogP contribution in [0.2, 0.25) is 0 Å². The average Bonchev–Trinajstić information content (AvgIpc) is 2.30. The van der Waals surface area contributed by atoms with E-state index in [1.54, 1.807) is 0 Å². The number of hydrogen-bond donors (Lipinski definition) is 0. The van der Waals surface area contributed by atoms with E-state index < -0.39 is 0 Å². The molecule has 0 heterocycles. The SMILES string of the molecule is CCCCOC(=O)/C(C)=C/C1CCCCC1. The molecule has 1 aliphatic rings. The van der Waals surface area contributed by atoms with Gasteiger partial charge in [0.1, 0.15) is 0 Å². The van der Waals surface area contributed by atoms with E-state index in [0.29, 0.717) is 12.5 Å². The molecular formula is C14H24O2. The summed E-state index contributed by atoms with van der Waals surface area (Å²) in [5.41, 5.74) is 0.794. The van der Waals surface area contributed by atoms with Gasteiger partial charge in [0.2, 0.25) is 0 Å². The Morgan fingerprint density at radius 1 is 1.31 bits per heavy atom. The smallest absolute Gasteiger partial charge is 0.333 e. The molecule has 1 aliphatic carbocycles. The Morgan fingerprint density at radius 3 is 2.62 bits per heavy atom. The van der Waals surface area contributed by atoms with Gasteiger partial charge in [0.05, 0.1) is 6.61 Å². The first-order chi connectivity index (χ1) is 7.74. The van der Waals surface area contributed by atoms with E-state index in [-0.39, 0.29) is 5.97 Å². The number of rotatable bonds is 5. The second-order valence-corrected chi connectivity index (χ2v) is 4.74. The van der Waals surface area contributed by atoms with Crippen LogP contribution in [-0.2, 0) is 9.53 Å². The largest absolute Gasteiger partial charge is 0.462 e. The number of hydrogen-bond acceptors (Lipinski definition) is 2. The number of carbonyl (C=O) groups excluding carboxylic acids is 1. The van der Waals surface area contributed by atoms with Gasteiger partial charge in [0, 0.05) is 5.57 Å². The Hall–Kier alpha value is -0.790. The summed E-state index contributed by atoms with van der Waals surface area (Å²) in [5, 5.41) is 0. The molecule has 0 aromatic rings. The van der Waals surface area contributed by atoms with Gasteiger partial charge in [-0.2, -0.15) is 0 Å². The maximum Gasteiger partial charge on any atom is 0.333 e.